The summed E-state index contributed by atoms with van der Waals surface area (Å²) >= 11 is 5.32. The number of rotatable bonds is 6. The predicted octanol–water partition coefficient (Wildman–Crippen LogP) is -0.164. The van der Waals surface area contributed by atoms with Crippen LogP contribution in [0.5, 0.6) is 0 Å². The molecule has 1 aromatic rings. The number of nitrogens with zero attached hydrogens (tertiary/aromatic N) is 4. The lowest BCUT2D eigenvalue weighted by atomic mass is 10.0. The molecular weight excluding hydrogens is 478 g/mol. The van der Waals surface area contributed by atoms with Gasteiger partial charge in [-0.3, -0.25) is 19.3 Å². The fraction of sp³-hybridized carbons (Fsp3) is 0.357. The molecule has 2 atom stereocenters. The third-order valence-corrected chi connectivity index (χ3v) is 6.63. The molecule has 1 fully saturated rings. The van der Waals surface area contributed by atoms with Crippen LogP contribution in [-0.2, 0) is 19.2 Å². The maximum absolute atomic E-state index is 12.5. The molecule has 28 heavy (non-hydrogen) atoms. The van der Waals surface area contributed by atoms with Crippen molar-refractivity contribution >= 4 is 73.9 Å². The molecule has 1 unspecified atom stereocenters. The van der Waals surface area contributed by atoms with E-state index >= 15 is 0 Å². The molecule has 2 aliphatic rings. The Morgan fingerprint density at radius 1 is 1.39 bits per heavy atom. The summed E-state index contributed by atoms with van der Waals surface area (Å²) < 4.78 is 0. The zero-order valence-corrected chi connectivity index (χ0v) is 17.3. The van der Waals surface area contributed by atoms with Crippen molar-refractivity contribution in [1.29, 1.82) is 0 Å². The average Bonchev–Trinajstić information content (AvgIpc) is 3.11. The normalized spacial score (nSPS) is 21.9. The number of carboxylic acid groups (broad SMARTS) is 1. The van der Waals surface area contributed by atoms with Gasteiger partial charge >= 0.3 is 5.97 Å². The van der Waals surface area contributed by atoms with Gasteiger partial charge in [-0.25, -0.2) is 4.79 Å². The van der Waals surface area contributed by atoms with Crippen molar-refractivity contribution < 1.29 is 29.5 Å². The second-order valence-corrected chi connectivity index (χ2v) is 8.47. The second-order valence-electron chi connectivity index (χ2n) is 5.62. The largest absolute Gasteiger partial charge is 0.477 e. The summed E-state index contributed by atoms with van der Waals surface area (Å²) in [5.41, 5.74) is -0.574. The van der Waals surface area contributed by atoms with Crippen LogP contribution >= 0.6 is 39.0 Å². The Hall–Kier alpha value is -2.32. The molecule has 11 nitrogen and oxygen atoms in total. The van der Waals surface area contributed by atoms with Crippen LogP contribution < -0.4 is 5.32 Å². The highest BCUT2D eigenvalue weighted by atomic mass is 79.9. The smallest absolute Gasteiger partial charge is 0.353 e. The lowest BCUT2D eigenvalue weighted by Crippen LogP contribution is -2.71. The third kappa shape index (κ3) is 3.42. The van der Waals surface area contributed by atoms with Gasteiger partial charge in [0.05, 0.1) is 5.33 Å². The van der Waals surface area contributed by atoms with Crippen molar-refractivity contribution in [3.63, 3.8) is 0 Å². The lowest BCUT2D eigenvalue weighted by Gasteiger charge is -2.49. The van der Waals surface area contributed by atoms with Gasteiger partial charge in [0, 0.05) is 11.3 Å². The van der Waals surface area contributed by atoms with Crippen LogP contribution in [0.25, 0.3) is 5.57 Å². The number of thioether (sulfide) groups is 1. The van der Waals surface area contributed by atoms with Crippen LogP contribution in [0.3, 0.4) is 0 Å². The molecule has 0 spiro atoms. The first-order valence-corrected chi connectivity index (χ1v) is 10.6. The highest BCUT2D eigenvalue weighted by Crippen LogP contribution is 2.43. The lowest BCUT2D eigenvalue weighted by molar-refractivity contribution is -0.149. The SMILES string of the molecule is Cc1nnc(C2=C(C(=O)O)N3C(=O)C(NC(=O)C(=NO)C(=O)CBr)[C@@H]3SC2)s1. The average molecular weight is 490 g/mol. The van der Waals surface area contributed by atoms with Crippen LogP contribution in [0.15, 0.2) is 10.9 Å². The summed E-state index contributed by atoms with van der Waals surface area (Å²) in [6.45, 7) is 1.73. The third-order valence-electron chi connectivity index (χ3n) is 3.94. The first-order valence-electron chi connectivity index (χ1n) is 7.63. The number of carbonyl (C=O) groups is 4. The van der Waals surface area contributed by atoms with Gasteiger partial charge < -0.3 is 15.6 Å². The van der Waals surface area contributed by atoms with E-state index in [0.717, 1.165) is 4.90 Å². The number of aliphatic carboxylic acids is 1. The van der Waals surface area contributed by atoms with E-state index in [9.17, 15) is 24.3 Å². The predicted molar refractivity (Wildman–Crippen MR) is 102 cm³/mol. The van der Waals surface area contributed by atoms with E-state index in [-0.39, 0.29) is 16.8 Å². The molecule has 3 heterocycles. The molecule has 0 bridgehead atoms. The number of alkyl halides is 1. The highest BCUT2D eigenvalue weighted by Gasteiger charge is 2.55. The number of aromatic nitrogens is 2. The molecule has 2 amide bonds. The van der Waals surface area contributed by atoms with Gasteiger partial charge in [0.1, 0.15) is 27.1 Å². The van der Waals surface area contributed by atoms with Crippen LogP contribution in [0.4, 0.5) is 0 Å². The van der Waals surface area contributed by atoms with E-state index in [1.807, 2.05) is 0 Å². The number of nitrogens with one attached hydrogen (secondary N) is 1. The number of ketones is 1. The van der Waals surface area contributed by atoms with Crippen molar-refractivity contribution in [3.05, 3.63) is 15.7 Å². The number of carbonyl (C=O) groups excluding carboxylic acids is 3. The topological polar surface area (TPSA) is 162 Å². The van der Waals surface area contributed by atoms with Crippen LogP contribution in [0.2, 0.25) is 0 Å². The van der Waals surface area contributed by atoms with E-state index in [1.165, 1.54) is 23.1 Å². The van der Waals surface area contributed by atoms with E-state index in [0.29, 0.717) is 15.6 Å². The summed E-state index contributed by atoms with van der Waals surface area (Å²) in [4.78, 5) is 49.1. The molecule has 0 radical (unpaired) electrons. The minimum absolute atomic E-state index is 0.206. The van der Waals surface area contributed by atoms with Crippen molar-refractivity contribution in [2.24, 2.45) is 5.16 Å². The zero-order valence-electron chi connectivity index (χ0n) is 14.1. The second kappa shape index (κ2) is 7.97. The molecule has 14 heteroatoms. The van der Waals surface area contributed by atoms with Gasteiger partial charge in [-0.15, -0.1) is 22.0 Å². The summed E-state index contributed by atoms with van der Waals surface area (Å²) in [5.74, 6) is -3.47. The van der Waals surface area contributed by atoms with E-state index in [4.69, 9.17) is 5.21 Å². The highest BCUT2D eigenvalue weighted by molar-refractivity contribution is 9.09. The monoisotopic (exact) mass is 489 g/mol. The van der Waals surface area contributed by atoms with Crippen molar-refractivity contribution in [3.8, 4) is 0 Å². The molecule has 0 aromatic carbocycles. The number of Topliss-reactive ketones (excluding diaryl/α,β-unsaturated/α-hetero) is 1. The van der Waals surface area contributed by atoms with Gasteiger partial charge in [-0.05, 0) is 6.92 Å². The molecular formula is C14H12BrN5O6S2. The van der Waals surface area contributed by atoms with Crippen LogP contribution in [0, 0.1) is 6.92 Å². The van der Waals surface area contributed by atoms with E-state index in [2.05, 4.69) is 36.6 Å². The van der Waals surface area contributed by atoms with Crippen molar-refractivity contribution in [2.45, 2.75) is 18.3 Å². The minimum atomic E-state index is -1.29. The van der Waals surface area contributed by atoms with Crippen LogP contribution in [-0.4, -0.2) is 77.2 Å². The summed E-state index contributed by atoms with van der Waals surface area (Å²) in [7, 11) is 0. The summed E-state index contributed by atoms with van der Waals surface area (Å²) in [6.07, 6.45) is 0. The number of hydrogen-bond donors (Lipinski definition) is 3. The Morgan fingerprint density at radius 2 is 2.11 bits per heavy atom. The fourth-order valence-corrected chi connectivity index (χ4v) is 5.14. The number of hydrogen-bond acceptors (Lipinski definition) is 10. The summed E-state index contributed by atoms with van der Waals surface area (Å²) in [5, 5.41) is 31.5. The Balaban J connectivity index is 1.85. The number of amides is 2. The summed E-state index contributed by atoms with van der Waals surface area (Å²) in [6, 6.07) is -1.05. The minimum Gasteiger partial charge on any atom is -0.477 e. The quantitative estimate of drug-likeness (QED) is 0.123. The number of aryl methyl sites for hydroxylation is 1. The van der Waals surface area contributed by atoms with Gasteiger partial charge in [0.15, 0.2) is 0 Å². The number of halogens is 1. The van der Waals surface area contributed by atoms with E-state index < -0.39 is 40.7 Å². The van der Waals surface area contributed by atoms with Gasteiger partial charge in [-0.1, -0.05) is 32.4 Å². The maximum atomic E-state index is 12.5. The van der Waals surface area contributed by atoms with Crippen molar-refractivity contribution in [1.82, 2.24) is 20.4 Å². The van der Waals surface area contributed by atoms with Crippen molar-refractivity contribution in [2.75, 3.05) is 11.1 Å². The Bertz CT molecular complexity index is 944. The molecule has 2 aliphatic heterocycles. The number of β-lactam (4-membered cyclic amide) rings is 1. The van der Waals surface area contributed by atoms with Gasteiger partial charge in [0.25, 0.3) is 11.8 Å². The zero-order chi connectivity index (χ0) is 20.6. The first kappa shape index (κ1) is 20.4. The number of oxime groups is 1. The fourth-order valence-electron chi connectivity index (χ4n) is 2.70. The number of carboxylic acids is 1. The van der Waals surface area contributed by atoms with Gasteiger partial charge in [-0.2, -0.15) is 0 Å². The molecule has 1 saturated heterocycles. The standard InChI is InChI=1S/C14H12BrN5O6S2/c1-4-17-18-11(28-4)5-3-27-13-8(12(23)20(13)9(5)14(24)25)16-10(22)7(19-26)6(21)2-15/h8,13,26H,2-3H2,1H3,(H,16,22)(H,24,25)/t8?,13-/m0/s1. The van der Waals surface area contributed by atoms with Gasteiger partial charge in [0.2, 0.25) is 11.5 Å². The Kier molecular flexibility index (Phi) is 5.81. The van der Waals surface area contributed by atoms with E-state index in [1.54, 1.807) is 6.92 Å². The molecule has 3 rings (SSSR count). The molecule has 3 N–H and O–H groups in total. The molecule has 0 saturated carbocycles. The van der Waals surface area contributed by atoms with Crippen LogP contribution in [0.1, 0.15) is 10.0 Å². The molecule has 1 aromatic heterocycles. The maximum Gasteiger partial charge on any atom is 0.353 e. The Labute approximate surface area is 174 Å². The first-order chi connectivity index (χ1) is 13.3. The number of fused-ring (bicyclic) bond motifs is 1. The Morgan fingerprint density at radius 3 is 2.64 bits per heavy atom. The molecule has 148 valence electrons. The molecule has 0 aliphatic carbocycles.